The smallest absolute Gasteiger partial charge is 0.387 e. The van der Waals surface area contributed by atoms with Gasteiger partial charge >= 0.3 is 6.61 Å². The molecule has 184 valence electrons. The number of carbonyl (C=O) groups excluding carboxylic acids is 1. The van der Waals surface area contributed by atoms with Gasteiger partial charge in [-0.15, -0.1) is 11.3 Å². The summed E-state index contributed by atoms with van der Waals surface area (Å²) < 4.78 is 30.5. The van der Waals surface area contributed by atoms with Crippen LogP contribution in [0.15, 0.2) is 97.1 Å². The van der Waals surface area contributed by atoms with Crippen molar-refractivity contribution in [1.82, 2.24) is 4.98 Å². The van der Waals surface area contributed by atoms with Gasteiger partial charge in [0.05, 0.1) is 10.2 Å². The van der Waals surface area contributed by atoms with Gasteiger partial charge in [0.25, 0.3) is 5.91 Å². The third-order valence-electron chi connectivity index (χ3n) is 5.68. The van der Waals surface area contributed by atoms with Gasteiger partial charge in [-0.2, -0.15) is 8.78 Å². The van der Waals surface area contributed by atoms with Crippen molar-refractivity contribution in [2.75, 3.05) is 5.32 Å². The SMILES string of the molecule is Cc1ccc2nc(-c3ccc(NC(=O)C(=Cc4ccc(OC(F)F)cc4)c4ccccc4)cc3)sc2c1. The van der Waals surface area contributed by atoms with Crippen LogP contribution in [-0.4, -0.2) is 17.5 Å². The van der Waals surface area contributed by atoms with E-state index in [1.165, 1.54) is 17.7 Å². The molecule has 1 aromatic heterocycles. The number of alkyl halides is 2. The van der Waals surface area contributed by atoms with Crippen molar-refractivity contribution >= 4 is 44.8 Å². The number of hydrogen-bond acceptors (Lipinski definition) is 4. The first-order valence-electron chi connectivity index (χ1n) is 11.6. The molecule has 5 rings (SSSR count). The fraction of sp³-hybridized carbons (Fsp3) is 0.0667. The van der Waals surface area contributed by atoms with Crippen LogP contribution in [0.5, 0.6) is 5.75 Å². The molecule has 0 unspecified atom stereocenters. The Morgan fingerprint density at radius 2 is 1.68 bits per heavy atom. The molecule has 4 aromatic carbocycles. The van der Waals surface area contributed by atoms with Gasteiger partial charge in [-0.05, 0) is 78.2 Å². The fourth-order valence-electron chi connectivity index (χ4n) is 3.86. The molecule has 37 heavy (non-hydrogen) atoms. The van der Waals surface area contributed by atoms with E-state index in [2.05, 4.69) is 23.0 Å². The lowest BCUT2D eigenvalue weighted by Gasteiger charge is -2.11. The number of aromatic nitrogens is 1. The van der Waals surface area contributed by atoms with Gasteiger partial charge < -0.3 is 10.1 Å². The molecule has 0 radical (unpaired) electrons. The second-order valence-corrected chi connectivity index (χ2v) is 9.42. The summed E-state index contributed by atoms with van der Waals surface area (Å²) in [5.74, 6) is -0.233. The van der Waals surface area contributed by atoms with E-state index in [1.54, 1.807) is 29.5 Å². The molecule has 0 saturated carbocycles. The highest BCUT2D eigenvalue weighted by Gasteiger charge is 2.14. The summed E-state index contributed by atoms with van der Waals surface area (Å²) in [6.45, 7) is -0.831. The number of anilines is 1. The summed E-state index contributed by atoms with van der Waals surface area (Å²) in [6.07, 6.45) is 1.72. The van der Waals surface area contributed by atoms with Crippen LogP contribution in [0, 0.1) is 6.92 Å². The van der Waals surface area contributed by atoms with E-state index >= 15 is 0 Å². The number of halogens is 2. The fourth-order valence-corrected chi connectivity index (χ4v) is 4.93. The second kappa shape index (κ2) is 10.7. The van der Waals surface area contributed by atoms with E-state index in [-0.39, 0.29) is 11.7 Å². The van der Waals surface area contributed by atoms with Crippen molar-refractivity contribution < 1.29 is 18.3 Å². The molecular formula is C30H22F2N2O2S. The molecule has 1 N–H and O–H groups in total. The first-order valence-corrected chi connectivity index (χ1v) is 12.4. The lowest BCUT2D eigenvalue weighted by atomic mass is 10.0. The number of rotatable bonds is 7. The monoisotopic (exact) mass is 512 g/mol. The lowest BCUT2D eigenvalue weighted by molar-refractivity contribution is -0.111. The molecule has 0 aliphatic rings. The number of nitrogens with one attached hydrogen (secondary N) is 1. The summed E-state index contributed by atoms with van der Waals surface area (Å²) in [4.78, 5) is 18.0. The third-order valence-corrected chi connectivity index (χ3v) is 6.75. The van der Waals surface area contributed by atoms with Crippen LogP contribution in [-0.2, 0) is 4.79 Å². The largest absolute Gasteiger partial charge is 0.435 e. The molecule has 0 spiro atoms. The first-order chi connectivity index (χ1) is 17.9. The number of thiazole rings is 1. The van der Waals surface area contributed by atoms with Crippen LogP contribution in [0.3, 0.4) is 0 Å². The predicted octanol–water partition coefficient (Wildman–Crippen LogP) is 8.05. The Labute approximate surface area is 216 Å². The van der Waals surface area contributed by atoms with Crippen molar-refractivity contribution in [3.63, 3.8) is 0 Å². The number of fused-ring (bicyclic) bond motifs is 1. The number of benzene rings is 4. The quantitative estimate of drug-likeness (QED) is 0.177. The average Bonchev–Trinajstić information content (AvgIpc) is 3.32. The summed E-state index contributed by atoms with van der Waals surface area (Å²) in [7, 11) is 0. The molecule has 5 aromatic rings. The van der Waals surface area contributed by atoms with Gasteiger partial charge in [0.15, 0.2) is 0 Å². The number of aryl methyl sites for hydroxylation is 1. The highest BCUT2D eigenvalue weighted by molar-refractivity contribution is 7.21. The van der Waals surface area contributed by atoms with Crippen LogP contribution in [0.25, 0.3) is 32.4 Å². The van der Waals surface area contributed by atoms with Gasteiger partial charge in [0, 0.05) is 16.8 Å². The van der Waals surface area contributed by atoms with Crippen molar-refractivity contribution in [3.8, 4) is 16.3 Å². The van der Waals surface area contributed by atoms with Crippen molar-refractivity contribution in [3.05, 3.63) is 114 Å². The van der Waals surface area contributed by atoms with E-state index in [9.17, 15) is 13.6 Å². The molecule has 0 fully saturated rings. The molecule has 1 heterocycles. The number of amides is 1. The highest BCUT2D eigenvalue weighted by Crippen LogP contribution is 2.31. The normalized spacial score (nSPS) is 11.6. The minimum absolute atomic E-state index is 0.0567. The Bertz CT molecular complexity index is 1560. The number of hydrogen-bond donors (Lipinski definition) is 1. The van der Waals surface area contributed by atoms with Gasteiger partial charge in [-0.25, -0.2) is 4.98 Å². The predicted molar refractivity (Wildman–Crippen MR) is 146 cm³/mol. The van der Waals surface area contributed by atoms with Gasteiger partial charge in [0.1, 0.15) is 10.8 Å². The van der Waals surface area contributed by atoms with Crippen LogP contribution in [0.2, 0.25) is 0 Å². The Hall–Kier alpha value is -4.36. The maximum Gasteiger partial charge on any atom is 0.387 e. The van der Waals surface area contributed by atoms with Gasteiger partial charge in [0.2, 0.25) is 0 Å². The molecule has 0 saturated heterocycles. The Morgan fingerprint density at radius 1 is 0.946 bits per heavy atom. The molecule has 1 amide bonds. The van der Waals surface area contributed by atoms with E-state index in [1.807, 2.05) is 66.7 Å². The standard InChI is InChI=1S/C30H22F2N2O2S/c1-19-7-16-26-27(17-19)37-29(34-26)22-10-12-23(13-11-22)33-28(35)25(21-5-3-2-4-6-21)18-20-8-14-24(15-9-20)36-30(31)32/h2-18,30H,1H3,(H,33,35). The zero-order chi connectivity index (χ0) is 25.8. The van der Waals surface area contributed by atoms with Gasteiger partial charge in [-0.3, -0.25) is 4.79 Å². The van der Waals surface area contributed by atoms with E-state index < -0.39 is 6.61 Å². The summed E-state index contributed by atoms with van der Waals surface area (Å²) in [6, 6.07) is 29.2. The highest BCUT2D eigenvalue weighted by atomic mass is 32.1. The Balaban J connectivity index is 1.37. The molecular weight excluding hydrogens is 490 g/mol. The summed E-state index contributed by atoms with van der Waals surface area (Å²) >= 11 is 1.63. The first kappa shape index (κ1) is 24.3. The average molecular weight is 513 g/mol. The van der Waals surface area contributed by atoms with Crippen molar-refractivity contribution in [2.24, 2.45) is 0 Å². The molecule has 0 bridgehead atoms. The van der Waals surface area contributed by atoms with E-state index in [0.29, 0.717) is 16.8 Å². The number of nitrogens with zero attached hydrogens (tertiary/aromatic N) is 1. The topological polar surface area (TPSA) is 51.2 Å². The summed E-state index contributed by atoms with van der Waals surface area (Å²) in [5, 5.41) is 3.88. The second-order valence-electron chi connectivity index (χ2n) is 8.39. The Morgan fingerprint density at radius 3 is 2.38 bits per heavy atom. The maximum absolute atomic E-state index is 13.3. The van der Waals surface area contributed by atoms with Crippen molar-refractivity contribution in [2.45, 2.75) is 13.5 Å². The summed E-state index contributed by atoms with van der Waals surface area (Å²) in [5.41, 5.74) is 5.63. The van der Waals surface area contributed by atoms with Crippen LogP contribution >= 0.6 is 11.3 Å². The number of carbonyl (C=O) groups is 1. The maximum atomic E-state index is 13.3. The zero-order valence-electron chi connectivity index (χ0n) is 19.8. The van der Waals surface area contributed by atoms with Crippen LogP contribution in [0.1, 0.15) is 16.7 Å². The minimum Gasteiger partial charge on any atom is -0.435 e. The van der Waals surface area contributed by atoms with Crippen LogP contribution < -0.4 is 10.1 Å². The van der Waals surface area contributed by atoms with Crippen molar-refractivity contribution in [1.29, 1.82) is 0 Å². The van der Waals surface area contributed by atoms with E-state index in [4.69, 9.17) is 4.98 Å². The molecule has 4 nitrogen and oxygen atoms in total. The number of ether oxygens (including phenoxy) is 1. The third kappa shape index (κ3) is 5.90. The lowest BCUT2D eigenvalue weighted by Crippen LogP contribution is -2.13. The molecule has 7 heteroatoms. The van der Waals surface area contributed by atoms with Gasteiger partial charge in [-0.1, -0.05) is 48.5 Å². The van der Waals surface area contributed by atoms with E-state index in [0.717, 1.165) is 26.4 Å². The zero-order valence-corrected chi connectivity index (χ0v) is 20.6. The molecule has 0 aliphatic carbocycles. The van der Waals surface area contributed by atoms with Crippen LogP contribution in [0.4, 0.5) is 14.5 Å². The molecule has 0 atom stereocenters. The minimum atomic E-state index is -2.89. The molecule has 0 aliphatic heterocycles. The Kier molecular flexibility index (Phi) is 7.05.